The van der Waals surface area contributed by atoms with Gasteiger partial charge in [0.1, 0.15) is 0 Å². The quantitative estimate of drug-likeness (QED) is 0.258. The van der Waals surface area contributed by atoms with E-state index in [2.05, 4.69) is 33.0 Å². The van der Waals surface area contributed by atoms with E-state index in [-0.39, 0.29) is 5.78 Å². The number of hydrogen-bond donors (Lipinski definition) is 0. The zero-order valence-electron chi connectivity index (χ0n) is 16.2. The second-order valence-corrected chi connectivity index (χ2v) is 9.11. The summed E-state index contributed by atoms with van der Waals surface area (Å²) in [6.07, 6.45) is 1.96. The summed E-state index contributed by atoms with van der Waals surface area (Å²) in [4.78, 5) is 15.9. The fourth-order valence-electron chi connectivity index (χ4n) is 2.68. The van der Waals surface area contributed by atoms with Gasteiger partial charge in [0.25, 0.3) is 0 Å². The molecule has 0 heterocycles. The molecule has 5 heteroatoms. The maximum Gasteiger partial charge on any atom is 0.199 e. The number of benzene rings is 3. The topological polar surface area (TPSA) is 20.3 Å². The normalized spacial score (nSPS) is 11.4. The molecule has 0 amide bonds. The largest absolute Gasteiger partial charge is 0.378 e. The average molecular weight is 487 g/mol. The third-order valence-electron chi connectivity index (χ3n) is 4.35. The Hall–Kier alpha value is -2.01. The van der Waals surface area contributed by atoms with E-state index in [0.717, 1.165) is 21.3 Å². The molecule has 2 nitrogen and oxygen atoms in total. The summed E-state index contributed by atoms with van der Waals surface area (Å²) >= 11 is 10.9. The molecule has 148 valence electrons. The highest BCUT2D eigenvalue weighted by molar-refractivity contribution is 9.10. The molecule has 0 aliphatic heterocycles. The van der Waals surface area contributed by atoms with Crippen molar-refractivity contribution in [2.45, 2.75) is 5.75 Å². The summed E-state index contributed by atoms with van der Waals surface area (Å²) in [6.45, 7) is 0. The molecular weight excluding hydrogens is 466 g/mol. The van der Waals surface area contributed by atoms with Gasteiger partial charge in [-0.3, -0.25) is 4.79 Å². The van der Waals surface area contributed by atoms with E-state index in [9.17, 15) is 4.79 Å². The summed E-state index contributed by atoms with van der Waals surface area (Å²) in [7, 11) is 4.02. The second kappa shape index (κ2) is 10.1. The van der Waals surface area contributed by atoms with Gasteiger partial charge in [-0.05, 0) is 65.7 Å². The zero-order valence-corrected chi connectivity index (χ0v) is 19.4. The van der Waals surface area contributed by atoms with Crippen LogP contribution in [0.2, 0.25) is 5.02 Å². The van der Waals surface area contributed by atoms with E-state index in [1.54, 1.807) is 0 Å². The zero-order chi connectivity index (χ0) is 20.8. The molecular formula is C24H21BrClNOS. The molecule has 0 aliphatic rings. The van der Waals surface area contributed by atoms with E-state index >= 15 is 0 Å². The number of hydrogen-bond acceptors (Lipinski definition) is 3. The molecule has 0 spiro atoms. The van der Waals surface area contributed by atoms with E-state index in [1.807, 2.05) is 80.8 Å². The number of nitrogens with zero attached hydrogens (tertiary/aromatic N) is 1. The summed E-state index contributed by atoms with van der Waals surface area (Å²) < 4.78 is 0.952. The molecule has 0 aromatic heterocycles. The SMILES string of the molecule is CN(C)c1ccc(C=C(SCc2ccc(Cl)cc2)C(=O)c2ccc(Br)cc2)cc1. The van der Waals surface area contributed by atoms with Gasteiger partial charge in [0.05, 0.1) is 4.91 Å². The first-order chi connectivity index (χ1) is 13.9. The number of Topliss-reactive ketones (excluding diaryl/α,β-unsaturated/α-hetero) is 1. The van der Waals surface area contributed by atoms with E-state index in [4.69, 9.17) is 11.6 Å². The number of anilines is 1. The fraction of sp³-hybridized carbons (Fsp3) is 0.125. The predicted octanol–water partition coefficient (Wildman–Crippen LogP) is 7.33. The van der Waals surface area contributed by atoms with Gasteiger partial charge in [-0.1, -0.05) is 51.8 Å². The standard InChI is InChI=1S/C24H21BrClNOS/c1-27(2)22-13-5-17(6-14-22)15-23(24(28)19-7-9-20(25)10-8-19)29-16-18-3-11-21(26)12-4-18/h3-15H,16H2,1-2H3. The molecule has 0 saturated heterocycles. The molecule has 0 atom stereocenters. The van der Waals surface area contributed by atoms with Crippen molar-refractivity contribution in [2.24, 2.45) is 0 Å². The third kappa shape index (κ3) is 6.23. The number of rotatable bonds is 7. The first-order valence-electron chi connectivity index (χ1n) is 9.09. The van der Waals surface area contributed by atoms with Gasteiger partial charge < -0.3 is 4.90 Å². The Morgan fingerprint density at radius 1 is 0.966 bits per heavy atom. The van der Waals surface area contributed by atoms with Gasteiger partial charge in [-0.15, -0.1) is 11.8 Å². The highest BCUT2D eigenvalue weighted by Crippen LogP contribution is 2.28. The van der Waals surface area contributed by atoms with Crippen LogP contribution in [0.25, 0.3) is 6.08 Å². The van der Waals surface area contributed by atoms with E-state index in [1.165, 1.54) is 11.8 Å². The van der Waals surface area contributed by atoms with Crippen LogP contribution in [0, 0.1) is 0 Å². The molecule has 29 heavy (non-hydrogen) atoms. The lowest BCUT2D eigenvalue weighted by molar-refractivity contribution is 0.104. The van der Waals surface area contributed by atoms with Crippen LogP contribution in [-0.4, -0.2) is 19.9 Å². The van der Waals surface area contributed by atoms with Gasteiger partial charge in [0, 0.05) is 40.6 Å². The van der Waals surface area contributed by atoms with Crippen molar-refractivity contribution < 1.29 is 4.79 Å². The van der Waals surface area contributed by atoms with Crippen LogP contribution in [0.15, 0.2) is 82.2 Å². The Kier molecular flexibility index (Phi) is 7.59. The Morgan fingerprint density at radius 3 is 2.17 bits per heavy atom. The lowest BCUT2D eigenvalue weighted by Gasteiger charge is -2.12. The van der Waals surface area contributed by atoms with Crippen LogP contribution in [0.4, 0.5) is 5.69 Å². The minimum atomic E-state index is 0.0214. The Labute approximate surface area is 189 Å². The first-order valence-corrected chi connectivity index (χ1v) is 11.2. The summed E-state index contributed by atoms with van der Waals surface area (Å²) in [5.41, 5.74) is 3.92. The van der Waals surface area contributed by atoms with Gasteiger partial charge in [0.15, 0.2) is 5.78 Å². The molecule has 0 bridgehead atoms. The molecule has 0 N–H and O–H groups in total. The molecule has 0 unspecified atom stereocenters. The van der Waals surface area contributed by atoms with Gasteiger partial charge in [-0.25, -0.2) is 0 Å². The highest BCUT2D eigenvalue weighted by atomic mass is 79.9. The van der Waals surface area contributed by atoms with Crippen LogP contribution in [0.1, 0.15) is 21.5 Å². The van der Waals surface area contributed by atoms with Crippen LogP contribution in [-0.2, 0) is 5.75 Å². The number of ketones is 1. The summed E-state index contributed by atoms with van der Waals surface area (Å²) in [5.74, 6) is 0.717. The third-order valence-corrected chi connectivity index (χ3v) is 6.22. The molecule has 0 radical (unpaired) electrons. The van der Waals surface area contributed by atoms with Crippen LogP contribution in [0.5, 0.6) is 0 Å². The summed E-state index contributed by atoms with van der Waals surface area (Å²) in [6, 6.07) is 23.4. The highest BCUT2D eigenvalue weighted by Gasteiger charge is 2.14. The Bertz CT molecular complexity index is 997. The average Bonchev–Trinajstić information content (AvgIpc) is 2.72. The Balaban J connectivity index is 1.88. The summed E-state index contributed by atoms with van der Waals surface area (Å²) in [5, 5.41) is 0.710. The smallest absolute Gasteiger partial charge is 0.199 e. The molecule has 0 aliphatic carbocycles. The molecule has 3 aromatic rings. The van der Waals surface area contributed by atoms with Crippen molar-refractivity contribution in [2.75, 3.05) is 19.0 Å². The number of carbonyl (C=O) groups is 1. The van der Waals surface area contributed by atoms with Gasteiger partial charge >= 0.3 is 0 Å². The second-order valence-electron chi connectivity index (χ2n) is 6.75. The molecule has 0 saturated carbocycles. The van der Waals surface area contributed by atoms with Gasteiger partial charge in [-0.2, -0.15) is 0 Å². The van der Waals surface area contributed by atoms with Crippen molar-refractivity contribution in [3.05, 3.63) is 104 Å². The molecule has 3 rings (SSSR count). The van der Waals surface area contributed by atoms with Crippen LogP contribution < -0.4 is 4.90 Å². The number of allylic oxidation sites excluding steroid dienone is 1. The van der Waals surface area contributed by atoms with Crippen LogP contribution in [0.3, 0.4) is 0 Å². The van der Waals surface area contributed by atoms with Crippen molar-refractivity contribution >= 4 is 56.8 Å². The van der Waals surface area contributed by atoms with Crippen LogP contribution >= 0.6 is 39.3 Å². The number of halogens is 2. The number of thioether (sulfide) groups is 1. The van der Waals surface area contributed by atoms with Crippen molar-refractivity contribution in [3.8, 4) is 0 Å². The Morgan fingerprint density at radius 2 is 1.59 bits per heavy atom. The van der Waals surface area contributed by atoms with Crippen molar-refractivity contribution in [3.63, 3.8) is 0 Å². The van der Waals surface area contributed by atoms with Crippen molar-refractivity contribution in [1.82, 2.24) is 0 Å². The number of carbonyl (C=O) groups excluding carboxylic acids is 1. The van der Waals surface area contributed by atoms with Gasteiger partial charge in [0.2, 0.25) is 0 Å². The van der Waals surface area contributed by atoms with E-state index in [0.29, 0.717) is 21.2 Å². The molecule has 0 fully saturated rings. The monoisotopic (exact) mass is 485 g/mol. The fourth-order valence-corrected chi connectivity index (χ4v) is 4.05. The maximum absolute atomic E-state index is 13.2. The van der Waals surface area contributed by atoms with Crippen molar-refractivity contribution in [1.29, 1.82) is 0 Å². The predicted molar refractivity (Wildman–Crippen MR) is 130 cm³/mol. The van der Waals surface area contributed by atoms with E-state index < -0.39 is 0 Å². The lowest BCUT2D eigenvalue weighted by Crippen LogP contribution is -2.08. The minimum absolute atomic E-state index is 0.0214. The first kappa shape index (κ1) is 21.7. The minimum Gasteiger partial charge on any atom is -0.378 e. The lowest BCUT2D eigenvalue weighted by atomic mass is 10.1. The maximum atomic E-state index is 13.2. The molecule has 3 aromatic carbocycles.